The van der Waals surface area contributed by atoms with Crippen LogP contribution in [0.15, 0.2) is 42.5 Å². The number of nitrogens with one attached hydrogen (secondary N) is 1. The van der Waals surface area contributed by atoms with E-state index in [1.807, 2.05) is 24.3 Å². The predicted octanol–water partition coefficient (Wildman–Crippen LogP) is 5.15. The van der Waals surface area contributed by atoms with Crippen LogP contribution < -0.4 is 15.0 Å². The van der Waals surface area contributed by atoms with Gasteiger partial charge in [-0.15, -0.1) is 0 Å². The van der Waals surface area contributed by atoms with Crippen LogP contribution in [-0.2, 0) is 9.47 Å². The molecule has 5 atom stereocenters. The van der Waals surface area contributed by atoms with E-state index in [0.29, 0.717) is 40.9 Å². The van der Waals surface area contributed by atoms with E-state index in [0.717, 1.165) is 69.3 Å². The van der Waals surface area contributed by atoms with Gasteiger partial charge >= 0.3 is 6.01 Å². The van der Waals surface area contributed by atoms with Crippen LogP contribution in [0.1, 0.15) is 25.7 Å². The van der Waals surface area contributed by atoms with Crippen LogP contribution in [0.3, 0.4) is 0 Å². The first kappa shape index (κ1) is 29.1. The van der Waals surface area contributed by atoms with Gasteiger partial charge in [0.15, 0.2) is 5.82 Å². The average Bonchev–Trinajstić information content (AvgIpc) is 3.48. The largest absolute Gasteiger partial charge is 0.508 e. The molecule has 3 aromatic carbocycles. The number of hydrogen-bond acceptors (Lipinski definition) is 9. The number of halogens is 2. The van der Waals surface area contributed by atoms with Gasteiger partial charge in [0.05, 0.1) is 18.2 Å². The smallest absolute Gasteiger partial charge is 0.319 e. The lowest BCUT2D eigenvalue weighted by molar-refractivity contribution is -0.0481. The third-order valence-corrected chi connectivity index (χ3v) is 10.3. The number of benzene rings is 3. The van der Waals surface area contributed by atoms with E-state index in [9.17, 15) is 5.11 Å². The Hall–Kier alpha value is -3.28. The monoisotopic (exact) mass is 633 g/mol. The van der Waals surface area contributed by atoms with Gasteiger partial charge in [-0.05, 0) is 60.2 Å². The number of phenols is 1. The summed E-state index contributed by atoms with van der Waals surface area (Å²) in [5.41, 5.74) is 0.815. The standard InChI is InChI=1S/C34H37ClFN5O4/c1-43-25(15-41-22-8-9-23(41)17-44-16-22)18-45-34-38-32-28(33(39-34)40-13-20-6-7-21(14-40)37-20)12-29(35)30(31(32)36)27-11-24(42)10-19-4-2-3-5-26(19)27/h2-5,10-12,20-23,25,37,42H,6-9,13-18H2,1H3/t20?,21?,22?,23?,25-/m1/s1. The van der Waals surface area contributed by atoms with E-state index in [2.05, 4.69) is 20.1 Å². The highest BCUT2D eigenvalue weighted by Crippen LogP contribution is 2.43. The number of rotatable bonds is 8. The van der Waals surface area contributed by atoms with Crippen molar-refractivity contribution in [1.82, 2.24) is 20.2 Å². The summed E-state index contributed by atoms with van der Waals surface area (Å²) in [6.45, 7) is 3.94. The minimum atomic E-state index is -0.576. The molecule has 1 aromatic heterocycles. The molecule has 0 aliphatic carbocycles. The summed E-state index contributed by atoms with van der Waals surface area (Å²) in [5.74, 6) is 0.0667. The summed E-state index contributed by atoms with van der Waals surface area (Å²) >= 11 is 6.89. The number of hydrogen-bond donors (Lipinski definition) is 2. The minimum absolute atomic E-state index is 0.0299. The first-order valence-corrected chi connectivity index (χ1v) is 16.2. The lowest BCUT2D eigenvalue weighted by atomic mass is 9.96. The molecule has 45 heavy (non-hydrogen) atoms. The molecule has 4 unspecified atom stereocenters. The Morgan fingerprint density at radius 1 is 1.04 bits per heavy atom. The fraction of sp³-hybridized carbons (Fsp3) is 0.471. The third kappa shape index (κ3) is 5.36. The highest BCUT2D eigenvalue weighted by molar-refractivity contribution is 6.35. The van der Waals surface area contributed by atoms with Gasteiger partial charge in [0.1, 0.15) is 29.8 Å². The van der Waals surface area contributed by atoms with E-state index in [4.69, 9.17) is 30.8 Å². The summed E-state index contributed by atoms with van der Waals surface area (Å²) in [4.78, 5) is 14.2. The number of phenolic OH excluding ortho intramolecular Hbond substituents is 1. The maximum Gasteiger partial charge on any atom is 0.319 e. The fourth-order valence-electron chi connectivity index (χ4n) is 7.79. The van der Waals surface area contributed by atoms with Gasteiger partial charge in [0.2, 0.25) is 0 Å². The predicted molar refractivity (Wildman–Crippen MR) is 172 cm³/mol. The second-order valence-corrected chi connectivity index (χ2v) is 13.2. The molecule has 11 heteroatoms. The SMILES string of the molecule is CO[C@@H](COc1nc(N2CC3CCC(C2)N3)c2cc(Cl)c(-c3cc(O)cc4ccccc34)c(F)c2n1)CN1C2CCC1COC2. The van der Waals surface area contributed by atoms with Crippen LogP contribution in [0.5, 0.6) is 11.8 Å². The summed E-state index contributed by atoms with van der Waals surface area (Å²) in [7, 11) is 1.69. The van der Waals surface area contributed by atoms with Gasteiger partial charge in [-0.1, -0.05) is 35.9 Å². The quantitative estimate of drug-likeness (QED) is 0.273. The molecular formula is C34H37ClFN5O4. The Balaban J connectivity index is 1.19. The second-order valence-electron chi connectivity index (χ2n) is 12.8. The summed E-state index contributed by atoms with van der Waals surface area (Å²) in [6.07, 6.45) is 4.23. The van der Waals surface area contributed by atoms with Crippen molar-refractivity contribution in [1.29, 1.82) is 0 Å². The molecule has 9 nitrogen and oxygen atoms in total. The molecule has 4 bridgehead atoms. The van der Waals surface area contributed by atoms with E-state index in [1.54, 1.807) is 25.3 Å². The molecule has 4 saturated heterocycles. The van der Waals surface area contributed by atoms with Crippen LogP contribution in [0.2, 0.25) is 5.02 Å². The Morgan fingerprint density at radius 2 is 1.80 bits per heavy atom. The Kier molecular flexibility index (Phi) is 7.66. The topological polar surface area (TPSA) is 92.2 Å². The van der Waals surface area contributed by atoms with Crippen molar-refractivity contribution in [3.63, 3.8) is 0 Å². The molecule has 0 spiro atoms. The van der Waals surface area contributed by atoms with Crippen molar-refractivity contribution in [2.24, 2.45) is 0 Å². The lowest BCUT2D eigenvalue weighted by Crippen LogP contribution is -2.51. The van der Waals surface area contributed by atoms with E-state index < -0.39 is 5.82 Å². The maximum absolute atomic E-state index is 16.8. The van der Waals surface area contributed by atoms with Crippen LogP contribution in [-0.4, -0.2) is 96.8 Å². The number of aromatic nitrogens is 2. The van der Waals surface area contributed by atoms with E-state index in [1.165, 1.54) is 0 Å². The van der Waals surface area contributed by atoms with Gasteiger partial charge in [0, 0.05) is 61.9 Å². The van der Waals surface area contributed by atoms with Gasteiger partial charge in [-0.2, -0.15) is 9.97 Å². The fourth-order valence-corrected chi connectivity index (χ4v) is 8.09. The number of fused-ring (bicyclic) bond motifs is 6. The lowest BCUT2D eigenvalue weighted by Gasteiger charge is -2.36. The highest BCUT2D eigenvalue weighted by Gasteiger charge is 2.39. The molecule has 5 heterocycles. The van der Waals surface area contributed by atoms with Crippen LogP contribution >= 0.6 is 11.6 Å². The number of ether oxygens (including phenoxy) is 3. The maximum atomic E-state index is 16.8. The number of nitrogens with zero attached hydrogens (tertiary/aromatic N) is 4. The molecule has 4 fully saturated rings. The number of piperazine rings is 1. The highest BCUT2D eigenvalue weighted by atomic mass is 35.5. The zero-order chi connectivity index (χ0) is 30.7. The Labute approximate surface area is 266 Å². The molecule has 2 N–H and O–H groups in total. The molecule has 0 saturated carbocycles. The number of morpholine rings is 1. The summed E-state index contributed by atoms with van der Waals surface area (Å²) < 4.78 is 34.7. The van der Waals surface area contributed by atoms with E-state index >= 15 is 4.39 Å². The van der Waals surface area contributed by atoms with Crippen molar-refractivity contribution in [3.8, 4) is 22.9 Å². The van der Waals surface area contributed by atoms with Crippen LogP contribution in [0.4, 0.5) is 10.2 Å². The molecule has 0 radical (unpaired) electrons. The zero-order valence-electron chi connectivity index (χ0n) is 25.2. The molecule has 8 rings (SSSR count). The molecule has 4 aliphatic rings. The Morgan fingerprint density at radius 3 is 2.56 bits per heavy atom. The van der Waals surface area contributed by atoms with Gasteiger partial charge in [-0.3, -0.25) is 4.90 Å². The average molecular weight is 634 g/mol. The van der Waals surface area contributed by atoms with Crippen molar-refractivity contribution in [2.45, 2.75) is 56.0 Å². The first-order valence-electron chi connectivity index (χ1n) is 15.9. The van der Waals surface area contributed by atoms with Crippen molar-refractivity contribution < 1.29 is 23.7 Å². The van der Waals surface area contributed by atoms with Crippen molar-refractivity contribution >= 4 is 39.1 Å². The molecule has 0 amide bonds. The van der Waals surface area contributed by atoms with Crippen LogP contribution in [0.25, 0.3) is 32.8 Å². The summed E-state index contributed by atoms with van der Waals surface area (Å²) in [5, 5.41) is 16.5. The number of aromatic hydroxyl groups is 1. The van der Waals surface area contributed by atoms with Crippen LogP contribution in [0, 0.1) is 5.82 Å². The van der Waals surface area contributed by atoms with Gasteiger partial charge in [0.25, 0.3) is 0 Å². The van der Waals surface area contributed by atoms with E-state index in [-0.39, 0.29) is 40.6 Å². The van der Waals surface area contributed by atoms with Crippen molar-refractivity contribution in [3.05, 3.63) is 53.3 Å². The molecule has 4 aliphatic heterocycles. The van der Waals surface area contributed by atoms with Gasteiger partial charge < -0.3 is 29.5 Å². The molecular weight excluding hydrogens is 597 g/mol. The second kappa shape index (κ2) is 11.8. The molecule has 236 valence electrons. The summed E-state index contributed by atoms with van der Waals surface area (Å²) in [6, 6.07) is 14.1. The molecule has 4 aromatic rings. The normalized spacial score (nSPS) is 25.4. The van der Waals surface area contributed by atoms with Gasteiger partial charge in [-0.25, -0.2) is 4.39 Å². The minimum Gasteiger partial charge on any atom is -0.508 e. The zero-order valence-corrected chi connectivity index (χ0v) is 26.0. The van der Waals surface area contributed by atoms with Crippen molar-refractivity contribution in [2.75, 3.05) is 51.5 Å². The Bertz CT molecular complexity index is 1730. The first-order chi connectivity index (χ1) is 21.9. The number of anilines is 1. The number of methoxy groups -OCH3 is 1. The third-order valence-electron chi connectivity index (χ3n) is 10.0.